The van der Waals surface area contributed by atoms with Crippen LogP contribution in [-0.4, -0.2) is 128 Å². The average Bonchev–Trinajstić information content (AvgIpc) is 3.23. The SMILES string of the molecule is CC[Si](C)(C)O[Si](C)(CC(C)COC(=O)/C(=C\C=C\N1CCN(/C=C/C=C(\C(=O)OCC(C)C[Si](C)(O[Si](C)(C)C)O[Si](C)(C)C)S(=O)(=O)c2ccccc2)CC1)S(=O)(=O)c1ccccc1)O[Si](C)(C)C. The van der Waals surface area contributed by atoms with Crippen LogP contribution in [0.4, 0.5) is 0 Å². The first-order valence-corrected chi connectivity index (χ1v) is 45.9. The minimum absolute atomic E-state index is 0.00562. The molecule has 1 aliphatic heterocycles. The molecule has 14 nitrogen and oxygen atoms in total. The topological polar surface area (TPSA) is 164 Å². The van der Waals surface area contributed by atoms with Crippen LogP contribution in [0.2, 0.25) is 103 Å². The first kappa shape index (κ1) is 62.3. The van der Waals surface area contributed by atoms with Gasteiger partial charge in [0, 0.05) is 26.2 Å². The van der Waals surface area contributed by atoms with E-state index in [-0.39, 0.29) is 34.8 Å². The highest BCUT2D eigenvalue weighted by molar-refractivity contribution is 7.96. The van der Waals surface area contributed by atoms with E-state index in [2.05, 4.69) is 92.0 Å². The number of allylic oxidation sites excluding steroid dienone is 4. The van der Waals surface area contributed by atoms with Crippen molar-refractivity contribution in [1.29, 1.82) is 0 Å². The van der Waals surface area contributed by atoms with Crippen molar-refractivity contribution in [2.75, 3.05) is 39.4 Å². The van der Waals surface area contributed by atoms with Gasteiger partial charge in [0.1, 0.15) is 0 Å². The molecule has 1 fully saturated rings. The van der Waals surface area contributed by atoms with E-state index >= 15 is 0 Å². The van der Waals surface area contributed by atoms with Crippen molar-refractivity contribution in [2.24, 2.45) is 11.8 Å². The number of hydrogen-bond donors (Lipinski definition) is 0. The van der Waals surface area contributed by atoms with Crippen molar-refractivity contribution in [2.45, 2.75) is 134 Å². The number of carbonyl (C=O) groups excluding carboxylic acids is 2. The van der Waals surface area contributed by atoms with E-state index < -0.39 is 91.8 Å². The number of sulfone groups is 2. The second kappa shape index (κ2) is 26.0. The Labute approximate surface area is 433 Å². The van der Waals surface area contributed by atoms with Crippen molar-refractivity contribution >= 4 is 82.0 Å². The van der Waals surface area contributed by atoms with Crippen molar-refractivity contribution < 1.29 is 52.4 Å². The van der Waals surface area contributed by atoms with Gasteiger partial charge < -0.3 is 35.7 Å². The fraction of sp³-hybridized carbons (Fsp3) is 0.551. The molecule has 0 spiro atoms. The van der Waals surface area contributed by atoms with Gasteiger partial charge in [0.2, 0.25) is 19.7 Å². The minimum Gasteiger partial charge on any atom is -0.461 e. The molecule has 0 bridgehead atoms. The summed E-state index contributed by atoms with van der Waals surface area (Å²) in [6.45, 7) is 35.9. The maximum absolute atomic E-state index is 13.9. The van der Waals surface area contributed by atoms with E-state index in [0.29, 0.717) is 38.3 Å². The summed E-state index contributed by atoms with van der Waals surface area (Å²) < 4.78 is 93.9. The maximum Gasteiger partial charge on any atom is 0.350 e. The smallest absolute Gasteiger partial charge is 0.350 e. The van der Waals surface area contributed by atoms with Gasteiger partial charge in [0.05, 0.1) is 23.0 Å². The molecule has 3 rings (SSSR count). The molecule has 3 atom stereocenters. The molecule has 22 heteroatoms. The Morgan fingerprint density at radius 1 is 0.535 bits per heavy atom. The maximum atomic E-state index is 13.9. The van der Waals surface area contributed by atoms with E-state index in [1.54, 1.807) is 54.9 Å². The highest BCUT2D eigenvalue weighted by atomic mass is 32.2. The first-order valence-electron chi connectivity index (χ1n) is 24.6. The van der Waals surface area contributed by atoms with Crippen LogP contribution in [0.25, 0.3) is 0 Å². The van der Waals surface area contributed by atoms with Crippen LogP contribution in [0, 0.1) is 11.8 Å². The predicted octanol–water partition coefficient (Wildman–Crippen LogP) is 10.6. The highest BCUT2D eigenvalue weighted by Gasteiger charge is 2.44. The number of hydrogen-bond acceptors (Lipinski definition) is 14. The molecule has 0 amide bonds. The molecule has 1 aliphatic rings. The van der Waals surface area contributed by atoms with E-state index in [1.165, 1.54) is 42.5 Å². The third kappa shape index (κ3) is 21.8. The molecule has 398 valence electrons. The largest absolute Gasteiger partial charge is 0.461 e. The van der Waals surface area contributed by atoms with E-state index in [1.807, 2.05) is 23.6 Å². The Morgan fingerprint density at radius 3 is 1.14 bits per heavy atom. The summed E-state index contributed by atoms with van der Waals surface area (Å²) >= 11 is 0. The van der Waals surface area contributed by atoms with Gasteiger partial charge in [-0.2, -0.15) is 0 Å². The van der Waals surface area contributed by atoms with E-state index in [0.717, 1.165) is 6.04 Å². The lowest BCUT2D eigenvalue weighted by Gasteiger charge is -2.40. The fourth-order valence-electron chi connectivity index (χ4n) is 8.30. The summed E-state index contributed by atoms with van der Waals surface area (Å²) in [7, 11) is -21.7. The van der Waals surface area contributed by atoms with E-state index in [9.17, 15) is 26.4 Å². The van der Waals surface area contributed by atoms with Gasteiger partial charge in [-0.05, 0) is 176 Å². The summed E-state index contributed by atoms with van der Waals surface area (Å²) in [5.74, 6) is -2.18. The van der Waals surface area contributed by atoms with Crippen molar-refractivity contribution in [1.82, 2.24) is 9.80 Å². The summed E-state index contributed by atoms with van der Waals surface area (Å²) in [5.41, 5.74) is 0. The fourth-order valence-corrected chi connectivity index (χ4v) is 36.9. The Kier molecular flexibility index (Phi) is 22.8. The number of piperazine rings is 1. The lowest BCUT2D eigenvalue weighted by atomic mass is 10.2. The van der Waals surface area contributed by atoms with E-state index in [4.69, 9.17) is 25.9 Å². The second-order valence-corrected chi connectivity index (χ2v) is 51.7. The van der Waals surface area contributed by atoms with Crippen LogP contribution in [0.1, 0.15) is 20.8 Å². The van der Waals surface area contributed by atoms with Crippen molar-refractivity contribution in [3.05, 3.63) is 107 Å². The summed E-state index contributed by atoms with van der Waals surface area (Å²) in [5, 5.41) is 0. The van der Waals surface area contributed by atoms with Crippen LogP contribution < -0.4 is 0 Å². The third-order valence-corrected chi connectivity index (χ3v) is 35.5. The zero-order valence-electron chi connectivity index (χ0n) is 45.4. The van der Waals surface area contributed by atoms with Gasteiger partial charge in [0.25, 0.3) is 0 Å². The molecule has 1 saturated heterocycles. The number of esters is 2. The summed E-state index contributed by atoms with van der Waals surface area (Å²) in [4.78, 5) is 30.4. The minimum atomic E-state index is -4.24. The predicted molar refractivity (Wildman–Crippen MR) is 300 cm³/mol. The van der Waals surface area contributed by atoms with Gasteiger partial charge >= 0.3 is 29.1 Å². The second-order valence-electron chi connectivity index (χ2n) is 22.4. The molecule has 0 N–H and O–H groups in total. The number of nitrogens with zero attached hydrogens (tertiary/aromatic N) is 2. The van der Waals surface area contributed by atoms with Gasteiger partial charge in [-0.3, -0.25) is 0 Å². The standard InChI is InChI=1S/C49H84N2O12S2Si6/c1-17-69(13,14)63-71(16,62-68(10,11)12)41-43(3)39-59-49(53)47(65(56,57)45-28-22-19-23-29-45)31-25-33-51-36-34-50(35-37-51)32-24-30-46(64(54,55)44-26-20-18-21-27-44)48(52)58-38-42(2)40-70(15,60-66(4,5)6)61-67(7,8)9/h18-33,42-43H,17,34-41H2,1-16H3/b32-24+,33-25+,46-30+,47-31+. The quantitative estimate of drug-likeness (QED) is 0.0359. The molecule has 1 heterocycles. The number of benzene rings is 2. The normalized spacial score (nSPS) is 17.1. The lowest BCUT2D eigenvalue weighted by molar-refractivity contribution is -0.140. The summed E-state index contributed by atoms with van der Waals surface area (Å²) in [6.07, 6.45) is 9.12. The van der Waals surface area contributed by atoms with Gasteiger partial charge in [0.15, 0.2) is 43.1 Å². The average molecular weight is 1130 g/mol. The molecular weight excluding hydrogens is 1040 g/mol. The van der Waals surface area contributed by atoms with Crippen LogP contribution in [0.5, 0.6) is 0 Å². The van der Waals surface area contributed by atoms with Crippen LogP contribution in [-0.2, 0) is 55.2 Å². The van der Waals surface area contributed by atoms with Crippen LogP contribution >= 0.6 is 0 Å². The Morgan fingerprint density at radius 2 is 0.845 bits per heavy atom. The molecule has 0 aromatic heterocycles. The van der Waals surface area contributed by atoms with Crippen LogP contribution in [0.15, 0.2) is 117 Å². The monoisotopic (exact) mass is 1120 g/mol. The number of rotatable bonds is 27. The molecule has 0 saturated carbocycles. The molecule has 2 aromatic rings. The van der Waals surface area contributed by atoms with Gasteiger partial charge in [-0.25, -0.2) is 26.4 Å². The van der Waals surface area contributed by atoms with Crippen molar-refractivity contribution in [3.8, 4) is 0 Å². The zero-order chi connectivity index (χ0) is 53.7. The number of ether oxygens (including phenoxy) is 2. The van der Waals surface area contributed by atoms with Gasteiger partial charge in [-0.1, -0.05) is 57.2 Å². The zero-order valence-corrected chi connectivity index (χ0v) is 53.0. The molecule has 71 heavy (non-hydrogen) atoms. The van der Waals surface area contributed by atoms with Gasteiger partial charge in [-0.15, -0.1) is 0 Å². The molecular formula is C49H84N2O12S2Si6. The Bertz CT molecular complexity index is 2400. The third-order valence-electron chi connectivity index (χ3n) is 10.9. The highest BCUT2D eigenvalue weighted by Crippen LogP contribution is 2.31. The molecule has 3 unspecified atom stereocenters. The van der Waals surface area contributed by atoms with Crippen LogP contribution in [0.3, 0.4) is 0 Å². The lowest BCUT2D eigenvalue weighted by Crippen LogP contribution is -2.54. The molecule has 0 radical (unpaired) electrons. The molecule has 0 aliphatic carbocycles. The Balaban J connectivity index is 1.77. The number of carbonyl (C=O) groups is 2. The Hall–Kier alpha value is -3.02. The summed E-state index contributed by atoms with van der Waals surface area (Å²) in [6, 6.07) is 17.7. The van der Waals surface area contributed by atoms with Crippen molar-refractivity contribution in [3.63, 3.8) is 0 Å². The molecule has 2 aromatic carbocycles. The first-order chi connectivity index (χ1) is 32.6.